The molecule has 0 radical (unpaired) electrons. The lowest BCUT2D eigenvalue weighted by Gasteiger charge is -2.37. The van der Waals surface area contributed by atoms with Crippen LogP contribution >= 0.6 is 23.4 Å². The SMILES string of the molecule is NC1Sc2cccc(Cl)c2N1CC1CCN(CC2COc3ccccc3O2)CC1. The van der Waals surface area contributed by atoms with E-state index in [1.165, 1.54) is 4.90 Å². The van der Waals surface area contributed by atoms with Crippen LogP contribution in [0.15, 0.2) is 47.4 Å². The van der Waals surface area contributed by atoms with E-state index in [0.29, 0.717) is 12.5 Å². The third-order valence-electron chi connectivity index (χ3n) is 5.98. The lowest BCUT2D eigenvalue weighted by atomic mass is 9.95. The number of hydrogen-bond donors (Lipinski definition) is 1. The zero-order valence-corrected chi connectivity index (χ0v) is 17.9. The van der Waals surface area contributed by atoms with E-state index in [1.54, 1.807) is 11.8 Å². The molecular weight excluding hydrogens is 406 g/mol. The Labute approximate surface area is 181 Å². The van der Waals surface area contributed by atoms with E-state index < -0.39 is 0 Å². The first-order chi connectivity index (χ1) is 14.2. The van der Waals surface area contributed by atoms with E-state index in [4.69, 9.17) is 26.8 Å². The predicted molar refractivity (Wildman–Crippen MR) is 118 cm³/mol. The first-order valence-electron chi connectivity index (χ1n) is 10.3. The smallest absolute Gasteiger partial charge is 0.161 e. The van der Waals surface area contributed by atoms with Crippen LogP contribution in [-0.2, 0) is 0 Å². The summed E-state index contributed by atoms with van der Waals surface area (Å²) in [5.41, 5.74) is 7.46. The van der Waals surface area contributed by atoms with Crippen LogP contribution in [0.3, 0.4) is 0 Å². The highest BCUT2D eigenvalue weighted by Crippen LogP contribution is 2.46. The zero-order chi connectivity index (χ0) is 19.8. The van der Waals surface area contributed by atoms with Gasteiger partial charge in [0.05, 0.1) is 10.7 Å². The Morgan fingerprint density at radius 2 is 1.83 bits per heavy atom. The minimum Gasteiger partial charge on any atom is -0.486 e. The number of rotatable bonds is 4. The van der Waals surface area contributed by atoms with Gasteiger partial charge in [0.2, 0.25) is 0 Å². The van der Waals surface area contributed by atoms with Crippen molar-refractivity contribution in [1.82, 2.24) is 4.90 Å². The third kappa shape index (κ3) is 4.04. The molecule has 7 heteroatoms. The second kappa shape index (κ2) is 8.26. The average molecular weight is 432 g/mol. The van der Waals surface area contributed by atoms with Crippen LogP contribution in [-0.4, -0.2) is 49.3 Å². The molecule has 1 fully saturated rings. The van der Waals surface area contributed by atoms with Gasteiger partial charge in [-0.2, -0.15) is 0 Å². The van der Waals surface area contributed by atoms with Crippen molar-refractivity contribution in [1.29, 1.82) is 0 Å². The molecule has 2 N–H and O–H groups in total. The minimum absolute atomic E-state index is 0.0456. The summed E-state index contributed by atoms with van der Waals surface area (Å²) in [6.45, 7) is 4.66. The molecule has 0 amide bonds. The predicted octanol–water partition coefficient (Wildman–Crippen LogP) is 4.05. The molecule has 29 heavy (non-hydrogen) atoms. The zero-order valence-electron chi connectivity index (χ0n) is 16.3. The van der Waals surface area contributed by atoms with Gasteiger partial charge < -0.3 is 20.1 Å². The van der Waals surface area contributed by atoms with Crippen LogP contribution in [0.2, 0.25) is 5.02 Å². The Kier molecular flexibility index (Phi) is 5.52. The number of thioether (sulfide) groups is 1. The van der Waals surface area contributed by atoms with Crippen LogP contribution < -0.4 is 20.1 Å². The molecule has 0 aliphatic carbocycles. The van der Waals surface area contributed by atoms with Gasteiger partial charge in [0.25, 0.3) is 0 Å². The van der Waals surface area contributed by atoms with Gasteiger partial charge in [0.1, 0.15) is 18.2 Å². The summed E-state index contributed by atoms with van der Waals surface area (Å²) in [6.07, 6.45) is 2.42. The van der Waals surface area contributed by atoms with E-state index in [2.05, 4.69) is 15.9 Å². The fraction of sp³-hybridized carbons (Fsp3) is 0.455. The number of anilines is 1. The number of nitrogens with two attached hydrogens (primary N) is 1. The molecule has 5 rings (SSSR count). The molecule has 3 heterocycles. The monoisotopic (exact) mass is 431 g/mol. The van der Waals surface area contributed by atoms with Gasteiger partial charge >= 0.3 is 0 Å². The quantitative estimate of drug-likeness (QED) is 0.788. The Hall–Kier alpha value is -1.60. The van der Waals surface area contributed by atoms with Crippen LogP contribution in [0.25, 0.3) is 0 Å². The summed E-state index contributed by atoms with van der Waals surface area (Å²) in [5.74, 6) is 2.33. The summed E-state index contributed by atoms with van der Waals surface area (Å²) < 4.78 is 12.0. The number of nitrogens with zero attached hydrogens (tertiary/aromatic N) is 2. The molecule has 0 saturated carbocycles. The van der Waals surface area contributed by atoms with Crippen LogP contribution in [0.1, 0.15) is 12.8 Å². The highest BCUT2D eigenvalue weighted by molar-refractivity contribution is 8.00. The number of benzene rings is 2. The molecule has 0 bridgehead atoms. The van der Waals surface area contributed by atoms with E-state index in [1.807, 2.05) is 36.4 Å². The maximum absolute atomic E-state index is 6.47. The Bertz CT molecular complexity index is 875. The summed E-state index contributed by atoms with van der Waals surface area (Å²) in [5, 5.41) is 0.801. The average Bonchev–Trinajstić information content (AvgIpc) is 3.06. The minimum atomic E-state index is -0.0456. The van der Waals surface area contributed by atoms with Gasteiger partial charge in [-0.15, -0.1) is 0 Å². The van der Waals surface area contributed by atoms with Gasteiger partial charge in [0, 0.05) is 18.0 Å². The van der Waals surface area contributed by atoms with E-state index in [0.717, 1.165) is 61.2 Å². The van der Waals surface area contributed by atoms with Crippen molar-refractivity contribution in [3.63, 3.8) is 0 Å². The number of hydrogen-bond acceptors (Lipinski definition) is 6. The number of para-hydroxylation sites is 3. The molecule has 154 valence electrons. The Morgan fingerprint density at radius 1 is 1.03 bits per heavy atom. The van der Waals surface area contributed by atoms with Crippen molar-refractivity contribution in [2.45, 2.75) is 29.3 Å². The molecular formula is C22H26ClN3O2S. The summed E-state index contributed by atoms with van der Waals surface area (Å²) in [4.78, 5) is 5.98. The maximum atomic E-state index is 6.47. The molecule has 0 aromatic heterocycles. The van der Waals surface area contributed by atoms with Gasteiger partial charge in [-0.3, -0.25) is 4.90 Å². The molecule has 2 aromatic carbocycles. The van der Waals surface area contributed by atoms with Crippen molar-refractivity contribution >= 4 is 29.1 Å². The Morgan fingerprint density at radius 3 is 2.66 bits per heavy atom. The van der Waals surface area contributed by atoms with Crippen molar-refractivity contribution in [2.24, 2.45) is 11.7 Å². The fourth-order valence-corrected chi connectivity index (χ4v) is 5.87. The van der Waals surface area contributed by atoms with Gasteiger partial charge in [-0.1, -0.05) is 41.6 Å². The molecule has 2 unspecified atom stereocenters. The molecule has 5 nitrogen and oxygen atoms in total. The summed E-state index contributed by atoms with van der Waals surface area (Å²) in [6, 6.07) is 14.0. The number of ether oxygens (including phenoxy) is 2. The van der Waals surface area contributed by atoms with E-state index in [9.17, 15) is 0 Å². The number of halogens is 1. The second-order valence-electron chi connectivity index (χ2n) is 7.99. The topological polar surface area (TPSA) is 51.0 Å². The molecule has 3 aliphatic heterocycles. The van der Waals surface area contributed by atoms with Crippen molar-refractivity contribution in [3.05, 3.63) is 47.5 Å². The molecule has 0 spiro atoms. The largest absolute Gasteiger partial charge is 0.486 e. The third-order valence-corrected chi connectivity index (χ3v) is 7.37. The number of piperidine rings is 1. The first-order valence-corrected chi connectivity index (χ1v) is 11.5. The van der Waals surface area contributed by atoms with Crippen LogP contribution in [0, 0.1) is 5.92 Å². The van der Waals surface area contributed by atoms with Crippen molar-refractivity contribution in [3.8, 4) is 11.5 Å². The summed E-state index contributed by atoms with van der Waals surface area (Å²) in [7, 11) is 0. The van der Waals surface area contributed by atoms with Crippen molar-refractivity contribution < 1.29 is 9.47 Å². The van der Waals surface area contributed by atoms with E-state index >= 15 is 0 Å². The number of likely N-dealkylation sites (tertiary alicyclic amines) is 1. The lowest BCUT2D eigenvalue weighted by Crippen LogP contribution is -2.46. The molecule has 2 aromatic rings. The lowest BCUT2D eigenvalue weighted by molar-refractivity contribution is 0.0481. The highest BCUT2D eigenvalue weighted by atomic mass is 35.5. The maximum Gasteiger partial charge on any atom is 0.161 e. The van der Waals surface area contributed by atoms with E-state index in [-0.39, 0.29) is 11.6 Å². The van der Waals surface area contributed by atoms with Gasteiger partial charge in [-0.05, 0) is 56.1 Å². The highest BCUT2D eigenvalue weighted by Gasteiger charge is 2.33. The van der Waals surface area contributed by atoms with Crippen LogP contribution in [0.4, 0.5) is 5.69 Å². The van der Waals surface area contributed by atoms with Gasteiger partial charge in [0.15, 0.2) is 11.5 Å². The normalized spacial score (nSPS) is 24.6. The molecule has 3 aliphatic rings. The van der Waals surface area contributed by atoms with Crippen LogP contribution in [0.5, 0.6) is 11.5 Å². The number of fused-ring (bicyclic) bond motifs is 2. The summed E-state index contributed by atoms with van der Waals surface area (Å²) >= 11 is 8.17. The second-order valence-corrected chi connectivity index (χ2v) is 9.55. The molecule has 2 atom stereocenters. The standard InChI is InChI=1S/C22H26ClN3O2S/c23-17-4-3-7-20-21(17)26(22(24)29-20)12-15-8-10-25(11-9-15)13-16-14-27-18-5-1-2-6-19(18)28-16/h1-7,15-16,22H,8-14,24H2. The first kappa shape index (κ1) is 19.4. The molecule has 1 saturated heterocycles. The van der Waals surface area contributed by atoms with Crippen molar-refractivity contribution in [2.75, 3.05) is 37.7 Å². The van der Waals surface area contributed by atoms with Gasteiger partial charge in [-0.25, -0.2) is 0 Å². The fourth-order valence-electron chi connectivity index (χ4n) is 4.46. The Balaban J connectivity index is 1.14.